The molecule has 0 atom stereocenters. The van der Waals surface area contributed by atoms with Crippen molar-refractivity contribution in [1.82, 2.24) is 5.32 Å². The highest BCUT2D eigenvalue weighted by Crippen LogP contribution is 2.17. The second-order valence-corrected chi connectivity index (χ2v) is 4.16. The van der Waals surface area contributed by atoms with E-state index in [0.717, 1.165) is 21.8 Å². The van der Waals surface area contributed by atoms with Crippen LogP contribution in [-0.4, -0.2) is 0 Å². The number of hydrogen-bond acceptors (Lipinski definition) is 3. The highest BCUT2D eigenvalue weighted by Gasteiger charge is 2.03. The molecule has 0 fully saturated rings. The first kappa shape index (κ1) is 10.5. The normalized spacial score (nSPS) is 10.8. The molecule has 0 saturated carbocycles. The average molecular weight is 270 g/mol. The number of nitrogens with one attached hydrogen (secondary N) is 1. The fourth-order valence-electron chi connectivity index (χ4n) is 1.33. The summed E-state index contributed by atoms with van der Waals surface area (Å²) < 4.78 is 11.7. The average Bonchev–Trinajstić information content (AvgIpc) is 2.77. The Labute approximate surface area is 96.6 Å². The van der Waals surface area contributed by atoms with Crippen molar-refractivity contribution in [2.45, 2.75) is 20.0 Å². The molecule has 80 valence electrons. The molecule has 0 unspecified atom stereocenters. The lowest BCUT2D eigenvalue weighted by Gasteiger charge is -2.00. The summed E-state index contributed by atoms with van der Waals surface area (Å²) in [5.41, 5.74) is 0. The summed E-state index contributed by atoms with van der Waals surface area (Å²) in [7, 11) is 0. The first-order valence-electron chi connectivity index (χ1n) is 4.73. The summed E-state index contributed by atoms with van der Waals surface area (Å²) >= 11 is 3.40. The summed E-state index contributed by atoms with van der Waals surface area (Å²) in [4.78, 5) is 0. The third kappa shape index (κ3) is 2.73. The SMILES string of the molecule is Cc1ccc(CNCc2occc2Br)o1. The van der Waals surface area contributed by atoms with E-state index in [9.17, 15) is 0 Å². The van der Waals surface area contributed by atoms with E-state index < -0.39 is 0 Å². The van der Waals surface area contributed by atoms with Gasteiger partial charge in [0.05, 0.1) is 23.8 Å². The highest BCUT2D eigenvalue weighted by atomic mass is 79.9. The Kier molecular flexibility index (Phi) is 3.28. The van der Waals surface area contributed by atoms with Crippen LogP contribution in [0.3, 0.4) is 0 Å². The fourth-order valence-corrected chi connectivity index (χ4v) is 1.67. The van der Waals surface area contributed by atoms with Crippen LogP contribution in [0.25, 0.3) is 0 Å². The first-order chi connectivity index (χ1) is 7.25. The number of furan rings is 2. The number of hydrogen-bond donors (Lipinski definition) is 1. The Hall–Kier alpha value is -1.000. The van der Waals surface area contributed by atoms with Gasteiger partial charge in [0.15, 0.2) is 0 Å². The van der Waals surface area contributed by atoms with E-state index in [2.05, 4.69) is 21.2 Å². The van der Waals surface area contributed by atoms with Gasteiger partial charge in [0.2, 0.25) is 0 Å². The van der Waals surface area contributed by atoms with Gasteiger partial charge in [-0.05, 0) is 41.1 Å². The minimum atomic E-state index is 0.688. The summed E-state index contributed by atoms with van der Waals surface area (Å²) in [6, 6.07) is 5.81. The molecular weight excluding hydrogens is 258 g/mol. The third-order valence-corrected chi connectivity index (χ3v) is 2.78. The Morgan fingerprint density at radius 2 is 2.13 bits per heavy atom. The van der Waals surface area contributed by atoms with Gasteiger partial charge >= 0.3 is 0 Å². The smallest absolute Gasteiger partial charge is 0.131 e. The summed E-state index contributed by atoms with van der Waals surface area (Å²) in [5, 5.41) is 3.24. The summed E-state index contributed by atoms with van der Waals surface area (Å²) in [5.74, 6) is 2.78. The summed E-state index contributed by atoms with van der Waals surface area (Å²) in [6.07, 6.45) is 1.66. The monoisotopic (exact) mass is 269 g/mol. The van der Waals surface area contributed by atoms with Crippen LogP contribution in [0.15, 0.2) is 37.8 Å². The zero-order valence-corrected chi connectivity index (χ0v) is 10.0. The molecule has 2 heterocycles. The molecule has 1 N–H and O–H groups in total. The van der Waals surface area contributed by atoms with E-state index in [1.165, 1.54) is 0 Å². The van der Waals surface area contributed by atoms with Crippen LogP contribution in [0.4, 0.5) is 0 Å². The largest absolute Gasteiger partial charge is 0.467 e. The molecule has 0 amide bonds. The molecule has 0 saturated heterocycles. The maximum Gasteiger partial charge on any atom is 0.131 e. The number of rotatable bonds is 4. The second kappa shape index (κ2) is 4.68. The van der Waals surface area contributed by atoms with Crippen LogP contribution < -0.4 is 5.32 Å². The molecule has 3 nitrogen and oxygen atoms in total. The van der Waals surface area contributed by atoms with Crippen LogP contribution in [0, 0.1) is 6.92 Å². The Morgan fingerprint density at radius 1 is 1.27 bits per heavy atom. The Bertz CT molecular complexity index is 433. The maximum atomic E-state index is 5.43. The van der Waals surface area contributed by atoms with Crippen LogP contribution >= 0.6 is 15.9 Å². The van der Waals surface area contributed by atoms with Crippen LogP contribution in [0.1, 0.15) is 17.3 Å². The van der Waals surface area contributed by atoms with Gasteiger partial charge in [-0.2, -0.15) is 0 Å². The van der Waals surface area contributed by atoms with Crippen molar-refractivity contribution >= 4 is 15.9 Å². The van der Waals surface area contributed by atoms with E-state index >= 15 is 0 Å². The predicted molar refractivity (Wildman–Crippen MR) is 60.4 cm³/mol. The van der Waals surface area contributed by atoms with E-state index in [0.29, 0.717) is 13.1 Å². The molecule has 0 radical (unpaired) electrons. The van der Waals surface area contributed by atoms with Crippen LogP contribution in [0.5, 0.6) is 0 Å². The Morgan fingerprint density at radius 3 is 2.73 bits per heavy atom. The first-order valence-corrected chi connectivity index (χ1v) is 5.53. The molecule has 15 heavy (non-hydrogen) atoms. The molecule has 2 aromatic rings. The van der Waals surface area contributed by atoms with Gasteiger partial charge < -0.3 is 14.2 Å². The quantitative estimate of drug-likeness (QED) is 0.926. The van der Waals surface area contributed by atoms with Gasteiger partial charge in [-0.1, -0.05) is 0 Å². The second-order valence-electron chi connectivity index (χ2n) is 3.31. The molecule has 0 aliphatic heterocycles. The molecule has 2 aromatic heterocycles. The number of halogens is 1. The zero-order chi connectivity index (χ0) is 10.7. The van der Waals surface area contributed by atoms with Crippen molar-refractivity contribution in [2.75, 3.05) is 0 Å². The topological polar surface area (TPSA) is 38.3 Å². The molecule has 2 rings (SSSR count). The molecule has 0 spiro atoms. The van der Waals surface area contributed by atoms with Crippen molar-refractivity contribution in [3.05, 3.63) is 46.2 Å². The molecule has 0 aromatic carbocycles. The van der Waals surface area contributed by atoms with Crippen molar-refractivity contribution in [3.8, 4) is 0 Å². The molecular formula is C11H12BrNO2. The Balaban J connectivity index is 1.83. The van der Waals surface area contributed by atoms with E-state index in [-0.39, 0.29) is 0 Å². The minimum absolute atomic E-state index is 0.688. The van der Waals surface area contributed by atoms with Gasteiger partial charge in [-0.3, -0.25) is 0 Å². The van der Waals surface area contributed by atoms with Gasteiger partial charge in [-0.25, -0.2) is 0 Å². The standard InChI is InChI=1S/C11H12BrNO2/c1-8-2-3-9(15-8)6-13-7-11-10(12)4-5-14-11/h2-5,13H,6-7H2,1H3. The van der Waals surface area contributed by atoms with E-state index in [1.807, 2.05) is 25.1 Å². The molecule has 0 bridgehead atoms. The van der Waals surface area contributed by atoms with Gasteiger partial charge in [0.1, 0.15) is 17.3 Å². The lowest BCUT2D eigenvalue weighted by atomic mass is 10.4. The van der Waals surface area contributed by atoms with Gasteiger partial charge in [-0.15, -0.1) is 0 Å². The maximum absolute atomic E-state index is 5.43. The van der Waals surface area contributed by atoms with Gasteiger partial charge in [0, 0.05) is 0 Å². The third-order valence-electron chi connectivity index (χ3n) is 2.07. The van der Waals surface area contributed by atoms with Crippen molar-refractivity contribution in [1.29, 1.82) is 0 Å². The van der Waals surface area contributed by atoms with Crippen molar-refractivity contribution in [3.63, 3.8) is 0 Å². The van der Waals surface area contributed by atoms with Gasteiger partial charge in [0.25, 0.3) is 0 Å². The van der Waals surface area contributed by atoms with Crippen molar-refractivity contribution in [2.24, 2.45) is 0 Å². The highest BCUT2D eigenvalue weighted by molar-refractivity contribution is 9.10. The van der Waals surface area contributed by atoms with Crippen LogP contribution in [-0.2, 0) is 13.1 Å². The minimum Gasteiger partial charge on any atom is -0.467 e. The summed E-state index contributed by atoms with van der Waals surface area (Å²) in [6.45, 7) is 3.33. The van der Waals surface area contributed by atoms with Crippen LogP contribution in [0.2, 0.25) is 0 Å². The van der Waals surface area contributed by atoms with E-state index in [1.54, 1.807) is 6.26 Å². The lowest BCUT2D eigenvalue weighted by molar-refractivity contribution is 0.439. The number of aryl methyl sites for hydroxylation is 1. The van der Waals surface area contributed by atoms with E-state index in [4.69, 9.17) is 8.83 Å². The fraction of sp³-hybridized carbons (Fsp3) is 0.273. The zero-order valence-electron chi connectivity index (χ0n) is 8.42. The molecule has 0 aliphatic carbocycles. The molecule has 4 heteroatoms. The predicted octanol–water partition coefficient (Wildman–Crippen LogP) is 3.23. The molecule has 0 aliphatic rings. The lowest BCUT2D eigenvalue weighted by Crippen LogP contribution is -2.11. The van der Waals surface area contributed by atoms with Crippen molar-refractivity contribution < 1.29 is 8.83 Å².